The second kappa shape index (κ2) is 6.73. The zero-order chi connectivity index (χ0) is 18.0. The summed E-state index contributed by atoms with van der Waals surface area (Å²) in [4.78, 5) is 18.9. The van der Waals surface area contributed by atoms with Gasteiger partial charge in [0.1, 0.15) is 0 Å². The number of hydrogen-bond acceptors (Lipinski definition) is 5. The molecule has 2 aromatic heterocycles. The molecule has 1 aromatic carbocycles. The van der Waals surface area contributed by atoms with Gasteiger partial charge in [0.05, 0.1) is 34.8 Å². The summed E-state index contributed by atoms with van der Waals surface area (Å²) in [6, 6.07) is 11.7. The monoisotopic (exact) mass is 334 g/mol. The first kappa shape index (κ1) is 16.7. The van der Waals surface area contributed by atoms with E-state index in [4.69, 9.17) is 9.78 Å². The molecule has 126 valence electrons. The summed E-state index contributed by atoms with van der Waals surface area (Å²) >= 11 is 0. The van der Waals surface area contributed by atoms with Crippen LogP contribution >= 0.6 is 0 Å². The van der Waals surface area contributed by atoms with Gasteiger partial charge < -0.3 is 9.42 Å². The number of nitriles is 1. The summed E-state index contributed by atoms with van der Waals surface area (Å²) in [6.07, 6.45) is 0.282. The first-order chi connectivity index (χ1) is 12.0. The molecule has 0 aliphatic rings. The molecule has 3 rings (SSSR count). The third kappa shape index (κ3) is 3.22. The van der Waals surface area contributed by atoms with E-state index in [1.165, 1.54) is 4.90 Å². The molecule has 2 heterocycles. The number of carbonyl (C=O) groups excluding carboxylic acids is 1. The minimum atomic E-state index is -0.178. The molecule has 6 nitrogen and oxygen atoms in total. The van der Waals surface area contributed by atoms with Crippen molar-refractivity contribution >= 4 is 17.0 Å². The molecule has 0 spiro atoms. The van der Waals surface area contributed by atoms with Gasteiger partial charge in [0.15, 0.2) is 0 Å². The second-order valence-electron chi connectivity index (χ2n) is 6.00. The Labute approximate surface area is 145 Å². The van der Waals surface area contributed by atoms with Crippen LogP contribution in [0.4, 0.5) is 0 Å². The molecule has 0 unspecified atom stereocenters. The molecule has 6 heteroatoms. The molecule has 0 atom stereocenters. The molecule has 25 heavy (non-hydrogen) atoms. The third-order valence-electron chi connectivity index (χ3n) is 4.10. The minimum Gasteiger partial charge on any atom is -0.341 e. The average Bonchev–Trinajstić information content (AvgIpc) is 3.00. The summed E-state index contributed by atoms with van der Waals surface area (Å²) in [7, 11) is 1.68. The summed E-state index contributed by atoms with van der Waals surface area (Å²) in [5, 5.41) is 13.3. The van der Waals surface area contributed by atoms with E-state index in [0.29, 0.717) is 34.6 Å². The SMILES string of the molecule is Cc1ccc(-c2cc(C(=O)N(C)CCC#N)c3c(C)noc3n2)cc1. The zero-order valence-corrected chi connectivity index (χ0v) is 14.4. The first-order valence-corrected chi connectivity index (χ1v) is 7.97. The first-order valence-electron chi connectivity index (χ1n) is 7.97. The highest BCUT2D eigenvalue weighted by molar-refractivity contribution is 6.06. The Morgan fingerprint density at radius 3 is 2.68 bits per heavy atom. The van der Waals surface area contributed by atoms with Crippen molar-refractivity contribution in [2.24, 2.45) is 0 Å². The van der Waals surface area contributed by atoms with Crippen molar-refractivity contribution < 1.29 is 9.32 Å². The predicted octanol–water partition coefficient (Wildman–Crippen LogP) is 3.49. The van der Waals surface area contributed by atoms with E-state index in [9.17, 15) is 4.79 Å². The maximum atomic E-state index is 12.9. The van der Waals surface area contributed by atoms with Crippen LogP contribution in [0.5, 0.6) is 0 Å². The molecule has 0 saturated heterocycles. The summed E-state index contributed by atoms with van der Waals surface area (Å²) in [5.41, 5.74) is 4.14. The van der Waals surface area contributed by atoms with E-state index in [1.807, 2.05) is 31.2 Å². The van der Waals surface area contributed by atoms with Gasteiger partial charge in [-0.25, -0.2) is 4.98 Å². The molecule has 0 radical (unpaired) electrons. The Kier molecular flexibility index (Phi) is 4.48. The quantitative estimate of drug-likeness (QED) is 0.729. The number of amides is 1. The van der Waals surface area contributed by atoms with Crippen molar-refractivity contribution in [1.29, 1.82) is 5.26 Å². The fourth-order valence-electron chi connectivity index (χ4n) is 2.66. The second-order valence-corrected chi connectivity index (χ2v) is 6.00. The van der Waals surface area contributed by atoms with E-state index < -0.39 is 0 Å². The molecule has 0 N–H and O–H groups in total. The number of carbonyl (C=O) groups is 1. The molecular weight excluding hydrogens is 316 g/mol. The molecule has 1 amide bonds. The Hall–Kier alpha value is -3.20. The Morgan fingerprint density at radius 2 is 2.00 bits per heavy atom. The molecule has 0 saturated carbocycles. The van der Waals surface area contributed by atoms with E-state index in [1.54, 1.807) is 20.0 Å². The van der Waals surface area contributed by atoms with Crippen molar-refractivity contribution in [1.82, 2.24) is 15.0 Å². The smallest absolute Gasteiger partial charge is 0.259 e. The van der Waals surface area contributed by atoms with Crippen LogP contribution in [0.3, 0.4) is 0 Å². The lowest BCUT2D eigenvalue weighted by molar-refractivity contribution is 0.0800. The van der Waals surface area contributed by atoms with E-state index in [-0.39, 0.29) is 12.3 Å². The highest BCUT2D eigenvalue weighted by Crippen LogP contribution is 2.28. The standard InChI is InChI=1S/C19H18N4O2/c1-12-5-7-14(8-6-12)16-11-15(19(24)23(3)10-4-9-20)17-13(2)22-25-18(17)21-16/h5-8,11H,4,10H2,1-3H3. The molecule has 0 bridgehead atoms. The Morgan fingerprint density at radius 1 is 1.28 bits per heavy atom. The van der Waals surface area contributed by atoms with Gasteiger partial charge in [-0.1, -0.05) is 35.0 Å². The number of fused-ring (bicyclic) bond motifs is 1. The van der Waals surface area contributed by atoms with Gasteiger partial charge in [-0.3, -0.25) is 4.79 Å². The molecule has 0 aliphatic carbocycles. The van der Waals surface area contributed by atoms with Crippen LogP contribution < -0.4 is 0 Å². The number of benzene rings is 1. The largest absolute Gasteiger partial charge is 0.341 e. The maximum absolute atomic E-state index is 12.9. The summed E-state index contributed by atoms with van der Waals surface area (Å²) in [5.74, 6) is -0.178. The number of rotatable bonds is 4. The van der Waals surface area contributed by atoms with E-state index in [0.717, 1.165) is 11.1 Å². The maximum Gasteiger partial charge on any atom is 0.259 e. The zero-order valence-electron chi connectivity index (χ0n) is 14.4. The van der Waals surface area contributed by atoms with Crippen molar-refractivity contribution in [2.75, 3.05) is 13.6 Å². The van der Waals surface area contributed by atoms with Crippen molar-refractivity contribution in [3.63, 3.8) is 0 Å². The van der Waals surface area contributed by atoms with Gasteiger partial charge >= 0.3 is 0 Å². The predicted molar refractivity (Wildman–Crippen MR) is 93.9 cm³/mol. The van der Waals surface area contributed by atoms with Crippen molar-refractivity contribution in [3.05, 3.63) is 47.2 Å². The number of pyridine rings is 1. The highest BCUT2D eigenvalue weighted by Gasteiger charge is 2.21. The molecule has 0 fully saturated rings. The van der Waals surface area contributed by atoms with Crippen LogP contribution in [-0.4, -0.2) is 34.5 Å². The number of hydrogen-bond donors (Lipinski definition) is 0. The topological polar surface area (TPSA) is 83.0 Å². The van der Waals surface area contributed by atoms with Crippen LogP contribution in [0.15, 0.2) is 34.9 Å². The van der Waals surface area contributed by atoms with Gasteiger partial charge in [-0.15, -0.1) is 0 Å². The van der Waals surface area contributed by atoms with Crippen molar-refractivity contribution in [2.45, 2.75) is 20.3 Å². The molecular formula is C19H18N4O2. The lowest BCUT2D eigenvalue weighted by Crippen LogP contribution is -2.27. The Bertz CT molecular complexity index is 967. The lowest BCUT2D eigenvalue weighted by atomic mass is 10.0. The van der Waals surface area contributed by atoms with Gasteiger partial charge in [0.25, 0.3) is 11.6 Å². The average molecular weight is 334 g/mol. The number of aryl methyl sites for hydroxylation is 2. The van der Waals surface area contributed by atoms with Gasteiger partial charge in [0.2, 0.25) is 0 Å². The minimum absolute atomic E-state index is 0.178. The van der Waals surface area contributed by atoms with Crippen LogP contribution in [0, 0.1) is 25.2 Å². The van der Waals surface area contributed by atoms with E-state index >= 15 is 0 Å². The molecule has 0 aliphatic heterocycles. The Balaban J connectivity index is 2.12. The van der Waals surface area contributed by atoms with E-state index in [2.05, 4.69) is 16.2 Å². The third-order valence-corrected chi connectivity index (χ3v) is 4.10. The van der Waals surface area contributed by atoms with Crippen LogP contribution in [0.2, 0.25) is 0 Å². The van der Waals surface area contributed by atoms with Gasteiger partial charge in [-0.2, -0.15) is 5.26 Å². The fourth-order valence-corrected chi connectivity index (χ4v) is 2.66. The lowest BCUT2D eigenvalue weighted by Gasteiger charge is -2.16. The normalized spacial score (nSPS) is 10.6. The van der Waals surface area contributed by atoms with Gasteiger partial charge in [-0.05, 0) is 19.9 Å². The number of aromatic nitrogens is 2. The highest BCUT2D eigenvalue weighted by atomic mass is 16.5. The van der Waals surface area contributed by atoms with Crippen LogP contribution in [-0.2, 0) is 0 Å². The van der Waals surface area contributed by atoms with Crippen LogP contribution in [0.25, 0.3) is 22.4 Å². The van der Waals surface area contributed by atoms with Crippen molar-refractivity contribution in [3.8, 4) is 17.3 Å². The molecule has 3 aromatic rings. The fraction of sp³-hybridized carbons (Fsp3) is 0.263. The van der Waals surface area contributed by atoms with Crippen LogP contribution in [0.1, 0.15) is 28.0 Å². The van der Waals surface area contributed by atoms with Gasteiger partial charge in [0, 0.05) is 19.2 Å². The summed E-state index contributed by atoms with van der Waals surface area (Å²) in [6.45, 7) is 4.16. The number of nitrogens with zero attached hydrogens (tertiary/aromatic N) is 4. The summed E-state index contributed by atoms with van der Waals surface area (Å²) < 4.78 is 5.30.